The molecule has 27 heavy (non-hydrogen) atoms. The Morgan fingerprint density at radius 1 is 1.00 bits per heavy atom. The van der Waals surface area contributed by atoms with Gasteiger partial charge in [-0.25, -0.2) is 26.7 Å². The Hall–Kier alpha value is -2.77. The maximum atomic E-state index is 14.4. The van der Waals surface area contributed by atoms with Crippen molar-refractivity contribution in [1.82, 2.24) is 13.9 Å². The van der Waals surface area contributed by atoms with Crippen LogP contribution in [0.3, 0.4) is 0 Å². The second kappa shape index (κ2) is 6.44. The fraction of sp³-hybridized carbons (Fsp3) is 0.0526. The van der Waals surface area contributed by atoms with Gasteiger partial charge in [0.05, 0.1) is 10.3 Å². The first-order valence-electron chi connectivity index (χ1n) is 7.98. The minimum Gasteiger partial charge on any atom is -0.224 e. The van der Waals surface area contributed by atoms with E-state index >= 15 is 0 Å². The molecule has 0 N–H and O–H groups in total. The molecule has 2 aromatic heterocycles. The van der Waals surface area contributed by atoms with E-state index in [1.54, 1.807) is 30.3 Å². The van der Waals surface area contributed by atoms with Gasteiger partial charge in [-0.15, -0.1) is 0 Å². The first kappa shape index (κ1) is 17.6. The molecule has 5 nitrogen and oxygen atoms in total. The SMILES string of the molecule is Cc1ccc(S(=O)(=O)n2cc(-c3ccccc3F)c3c(Cl)ncnc32)cc1. The van der Waals surface area contributed by atoms with Crippen molar-refractivity contribution in [1.29, 1.82) is 0 Å². The van der Waals surface area contributed by atoms with Crippen molar-refractivity contribution in [2.45, 2.75) is 11.8 Å². The standard InChI is InChI=1S/C19H13ClFN3O2S/c1-12-6-8-13(9-7-12)27(25,26)24-10-15(14-4-2-3-5-16(14)21)17-18(20)22-11-23-19(17)24/h2-11H,1H3. The first-order chi connectivity index (χ1) is 12.9. The molecule has 0 saturated heterocycles. The van der Waals surface area contributed by atoms with Crippen LogP contribution in [-0.4, -0.2) is 22.4 Å². The van der Waals surface area contributed by atoms with E-state index in [2.05, 4.69) is 9.97 Å². The fourth-order valence-corrected chi connectivity index (χ4v) is 4.44. The lowest BCUT2D eigenvalue weighted by Gasteiger charge is -2.07. The fourth-order valence-electron chi connectivity index (χ4n) is 2.89. The summed E-state index contributed by atoms with van der Waals surface area (Å²) in [6.07, 6.45) is 2.51. The Bertz CT molecular complexity index is 1270. The summed E-state index contributed by atoms with van der Waals surface area (Å²) in [5, 5.41) is 0.330. The minimum absolute atomic E-state index is 0.0520. The maximum Gasteiger partial charge on any atom is 0.269 e. The molecule has 136 valence electrons. The maximum absolute atomic E-state index is 14.4. The smallest absolute Gasteiger partial charge is 0.224 e. The van der Waals surface area contributed by atoms with Gasteiger partial charge in [-0.2, -0.15) is 0 Å². The van der Waals surface area contributed by atoms with Gasteiger partial charge in [0.1, 0.15) is 17.3 Å². The first-order valence-corrected chi connectivity index (χ1v) is 9.80. The van der Waals surface area contributed by atoms with Crippen LogP contribution in [0.5, 0.6) is 0 Å². The van der Waals surface area contributed by atoms with Gasteiger partial charge in [-0.1, -0.05) is 47.5 Å². The topological polar surface area (TPSA) is 64.8 Å². The molecule has 4 rings (SSSR count). The molecule has 0 aliphatic carbocycles. The zero-order chi connectivity index (χ0) is 19.2. The number of halogens is 2. The molecule has 0 aliphatic rings. The normalized spacial score (nSPS) is 11.8. The highest BCUT2D eigenvalue weighted by Crippen LogP contribution is 2.36. The van der Waals surface area contributed by atoms with E-state index in [4.69, 9.17) is 11.6 Å². The third-order valence-electron chi connectivity index (χ3n) is 4.25. The third-order valence-corrected chi connectivity index (χ3v) is 6.20. The second-order valence-electron chi connectivity index (χ2n) is 6.00. The molecular weight excluding hydrogens is 389 g/mol. The van der Waals surface area contributed by atoms with E-state index < -0.39 is 15.8 Å². The van der Waals surface area contributed by atoms with Crippen LogP contribution in [0.15, 0.2) is 66.0 Å². The number of nitrogens with zero attached hydrogens (tertiary/aromatic N) is 3. The van der Waals surface area contributed by atoms with Gasteiger partial charge in [-0.05, 0) is 25.1 Å². The average Bonchev–Trinajstić information content (AvgIpc) is 3.04. The largest absolute Gasteiger partial charge is 0.269 e. The molecule has 0 saturated carbocycles. The van der Waals surface area contributed by atoms with Crippen LogP contribution in [0.2, 0.25) is 5.15 Å². The number of hydrogen-bond donors (Lipinski definition) is 0. The van der Waals surface area contributed by atoms with Crippen molar-refractivity contribution in [2.75, 3.05) is 0 Å². The predicted molar refractivity (Wildman–Crippen MR) is 102 cm³/mol. The molecule has 0 fully saturated rings. The molecule has 0 atom stereocenters. The summed E-state index contributed by atoms with van der Waals surface area (Å²) < 4.78 is 41.7. The van der Waals surface area contributed by atoms with Crippen LogP contribution >= 0.6 is 11.6 Å². The Balaban J connectivity index is 2.05. The Labute approximate surface area is 160 Å². The third kappa shape index (κ3) is 2.89. The molecule has 0 spiro atoms. The Morgan fingerprint density at radius 3 is 2.41 bits per heavy atom. The van der Waals surface area contributed by atoms with Crippen molar-refractivity contribution >= 4 is 32.7 Å². The number of fused-ring (bicyclic) bond motifs is 1. The van der Waals surface area contributed by atoms with E-state index in [0.717, 1.165) is 9.54 Å². The average molecular weight is 402 g/mol. The summed E-state index contributed by atoms with van der Waals surface area (Å²) in [5.41, 5.74) is 1.55. The van der Waals surface area contributed by atoms with Crippen molar-refractivity contribution in [3.8, 4) is 11.1 Å². The summed E-state index contributed by atoms with van der Waals surface area (Å²) in [7, 11) is -3.95. The van der Waals surface area contributed by atoms with Gasteiger partial charge >= 0.3 is 0 Å². The number of aryl methyl sites for hydroxylation is 1. The van der Waals surface area contributed by atoms with Gasteiger partial charge in [-0.3, -0.25) is 0 Å². The predicted octanol–water partition coefficient (Wildman–Crippen LogP) is 4.44. The lowest BCUT2D eigenvalue weighted by atomic mass is 10.1. The highest BCUT2D eigenvalue weighted by Gasteiger charge is 2.25. The van der Waals surface area contributed by atoms with E-state index in [1.807, 2.05) is 6.92 Å². The summed E-state index contributed by atoms with van der Waals surface area (Å²) in [6.45, 7) is 1.87. The summed E-state index contributed by atoms with van der Waals surface area (Å²) in [4.78, 5) is 8.12. The number of hydrogen-bond acceptors (Lipinski definition) is 4. The van der Waals surface area contributed by atoms with Gasteiger partial charge in [0, 0.05) is 17.3 Å². The van der Waals surface area contributed by atoms with E-state index in [1.165, 1.54) is 30.7 Å². The monoisotopic (exact) mass is 401 g/mol. The second-order valence-corrected chi connectivity index (χ2v) is 8.17. The van der Waals surface area contributed by atoms with Crippen molar-refractivity contribution in [2.24, 2.45) is 0 Å². The quantitative estimate of drug-likeness (QED) is 0.476. The summed E-state index contributed by atoms with van der Waals surface area (Å²) in [6, 6.07) is 12.5. The van der Waals surface area contributed by atoms with Gasteiger partial charge < -0.3 is 0 Å². The van der Waals surface area contributed by atoms with E-state index in [0.29, 0.717) is 5.56 Å². The van der Waals surface area contributed by atoms with Crippen LogP contribution in [0.25, 0.3) is 22.2 Å². The minimum atomic E-state index is -3.95. The van der Waals surface area contributed by atoms with Crippen LogP contribution in [-0.2, 0) is 10.0 Å². The van der Waals surface area contributed by atoms with Crippen molar-refractivity contribution in [3.05, 3.63) is 77.6 Å². The zero-order valence-corrected chi connectivity index (χ0v) is 15.7. The Kier molecular flexibility index (Phi) is 4.20. The molecular formula is C19H13ClFN3O2S. The van der Waals surface area contributed by atoms with Gasteiger partial charge in [0.2, 0.25) is 0 Å². The molecule has 0 aliphatic heterocycles. The van der Waals surface area contributed by atoms with Gasteiger partial charge in [0.25, 0.3) is 10.0 Å². The molecule has 2 heterocycles. The van der Waals surface area contributed by atoms with Crippen LogP contribution in [0, 0.1) is 12.7 Å². The van der Waals surface area contributed by atoms with Crippen molar-refractivity contribution < 1.29 is 12.8 Å². The summed E-state index contributed by atoms with van der Waals surface area (Å²) >= 11 is 6.21. The molecule has 8 heteroatoms. The molecule has 0 bridgehead atoms. The number of benzene rings is 2. The van der Waals surface area contributed by atoms with Crippen molar-refractivity contribution in [3.63, 3.8) is 0 Å². The number of aromatic nitrogens is 3. The lowest BCUT2D eigenvalue weighted by Crippen LogP contribution is -2.12. The summed E-state index contributed by atoms with van der Waals surface area (Å²) in [5.74, 6) is -0.496. The molecule has 0 unspecified atom stereocenters. The van der Waals surface area contributed by atoms with Crippen LogP contribution in [0.1, 0.15) is 5.56 Å². The molecule has 0 amide bonds. The molecule has 2 aromatic carbocycles. The highest BCUT2D eigenvalue weighted by atomic mass is 35.5. The Morgan fingerprint density at radius 2 is 1.70 bits per heavy atom. The zero-order valence-electron chi connectivity index (χ0n) is 14.1. The molecule has 0 radical (unpaired) electrons. The highest BCUT2D eigenvalue weighted by molar-refractivity contribution is 7.90. The van der Waals surface area contributed by atoms with Crippen LogP contribution < -0.4 is 0 Å². The van der Waals surface area contributed by atoms with E-state index in [-0.39, 0.29) is 26.6 Å². The lowest BCUT2D eigenvalue weighted by molar-refractivity contribution is 0.588. The van der Waals surface area contributed by atoms with E-state index in [9.17, 15) is 12.8 Å². The van der Waals surface area contributed by atoms with Gasteiger partial charge in [0.15, 0.2) is 5.65 Å². The molecule has 4 aromatic rings. The van der Waals surface area contributed by atoms with Crippen LogP contribution in [0.4, 0.5) is 4.39 Å². The number of rotatable bonds is 3.